The number of nitrogens with zero attached hydrogens (tertiary/aromatic N) is 1. The Morgan fingerprint density at radius 1 is 1.04 bits per heavy atom. The van der Waals surface area contributed by atoms with E-state index in [1.165, 1.54) is 11.3 Å². The molecular formula is C23H26N2O3. The van der Waals surface area contributed by atoms with Crippen molar-refractivity contribution in [1.29, 1.82) is 0 Å². The SMILES string of the molecule is C[C@@H]1CCCC[C@@H]1NC(=O)c1cccc(N2C(=O)[C@@H]3[C@@H](C2=O)[C@H]2C=C[C@H]3C2)c1. The maximum Gasteiger partial charge on any atom is 0.251 e. The Labute approximate surface area is 165 Å². The number of allylic oxidation sites excluding steroid dienone is 2. The Morgan fingerprint density at radius 3 is 2.39 bits per heavy atom. The predicted octanol–water partition coefficient (Wildman–Crippen LogP) is 3.31. The van der Waals surface area contributed by atoms with Gasteiger partial charge in [-0.1, -0.05) is 38.0 Å². The minimum Gasteiger partial charge on any atom is -0.349 e. The lowest BCUT2D eigenvalue weighted by Crippen LogP contribution is -2.41. The lowest BCUT2D eigenvalue weighted by atomic mass is 9.85. The molecule has 0 aromatic heterocycles. The highest BCUT2D eigenvalue weighted by atomic mass is 16.2. The molecule has 28 heavy (non-hydrogen) atoms. The van der Waals surface area contributed by atoms with Crippen LogP contribution in [-0.2, 0) is 9.59 Å². The minimum atomic E-state index is -0.219. The van der Waals surface area contributed by atoms with Crippen LogP contribution in [0.3, 0.4) is 0 Å². The van der Waals surface area contributed by atoms with Crippen LogP contribution in [0.15, 0.2) is 36.4 Å². The van der Waals surface area contributed by atoms with E-state index in [2.05, 4.69) is 24.4 Å². The molecular weight excluding hydrogens is 352 g/mol. The second kappa shape index (κ2) is 6.57. The molecule has 5 rings (SSSR count). The molecule has 3 aliphatic carbocycles. The predicted molar refractivity (Wildman–Crippen MR) is 106 cm³/mol. The zero-order chi connectivity index (χ0) is 19.4. The number of benzene rings is 1. The first-order chi connectivity index (χ1) is 13.5. The third kappa shape index (κ3) is 2.63. The van der Waals surface area contributed by atoms with Crippen LogP contribution in [0, 0.1) is 29.6 Å². The summed E-state index contributed by atoms with van der Waals surface area (Å²) in [6.45, 7) is 2.18. The van der Waals surface area contributed by atoms with Gasteiger partial charge in [-0.2, -0.15) is 0 Å². The molecule has 0 unspecified atom stereocenters. The average molecular weight is 378 g/mol. The van der Waals surface area contributed by atoms with E-state index in [9.17, 15) is 14.4 Å². The van der Waals surface area contributed by atoms with E-state index in [-0.39, 0.29) is 47.4 Å². The minimum absolute atomic E-state index is 0.106. The molecule has 4 aliphatic rings. The van der Waals surface area contributed by atoms with Gasteiger partial charge in [-0.25, -0.2) is 4.90 Å². The van der Waals surface area contributed by atoms with Crippen molar-refractivity contribution < 1.29 is 14.4 Å². The Balaban J connectivity index is 1.37. The number of anilines is 1. The van der Waals surface area contributed by atoms with Crippen LogP contribution in [0.1, 0.15) is 49.4 Å². The molecule has 5 nitrogen and oxygen atoms in total. The fourth-order valence-corrected chi connectivity index (χ4v) is 5.73. The van der Waals surface area contributed by atoms with Gasteiger partial charge in [0.1, 0.15) is 0 Å². The Bertz CT molecular complexity index is 846. The van der Waals surface area contributed by atoms with Gasteiger partial charge < -0.3 is 5.32 Å². The fraction of sp³-hybridized carbons (Fsp3) is 0.522. The van der Waals surface area contributed by atoms with E-state index >= 15 is 0 Å². The van der Waals surface area contributed by atoms with Crippen molar-refractivity contribution in [3.8, 4) is 0 Å². The highest BCUT2D eigenvalue weighted by Gasteiger charge is 2.59. The zero-order valence-electron chi connectivity index (χ0n) is 16.1. The number of imide groups is 1. The first-order valence-corrected chi connectivity index (χ1v) is 10.5. The molecule has 2 saturated carbocycles. The normalized spacial score (nSPS) is 36.1. The lowest BCUT2D eigenvalue weighted by Gasteiger charge is -2.29. The lowest BCUT2D eigenvalue weighted by molar-refractivity contribution is -0.123. The van der Waals surface area contributed by atoms with Gasteiger partial charge in [0.25, 0.3) is 5.91 Å². The van der Waals surface area contributed by atoms with Gasteiger partial charge in [-0.3, -0.25) is 14.4 Å². The Hall–Kier alpha value is -2.43. The van der Waals surface area contributed by atoms with Crippen molar-refractivity contribution in [3.05, 3.63) is 42.0 Å². The van der Waals surface area contributed by atoms with Gasteiger partial charge in [0.2, 0.25) is 11.8 Å². The largest absolute Gasteiger partial charge is 0.349 e. The number of rotatable bonds is 3. The number of hydrogen-bond donors (Lipinski definition) is 1. The summed E-state index contributed by atoms with van der Waals surface area (Å²) in [5, 5.41) is 3.15. The standard InChI is InChI=1S/C23H26N2O3/c1-13-5-2-3-8-18(13)24-21(26)16-6-4-7-17(12-16)25-22(27)19-14-9-10-15(11-14)20(19)23(25)28/h4,6-7,9-10,12-15,18-20H,2-3,5,8,11H2,1H3,(H,24,26)/t13-,14+,15+,18+,19+,20+/m1/s1. The fourth-order valence-electron chi connectivity index (χ4n) is 5.73. The Morgan fingerprint density at radius 2 is 1.71 bits per heavy atom. The maximum absolute atomic E-state index is 13.0. The van der Waals surface area contributed by atoms with Gasteiger partial charge in [0.15, 0.2) is 0 Å². The molecule has 2 bridgehead atoms. The van der Waals surface area contributed by atoms with E-state index in [4.69, 9.17) is 0 Å². The summed E-state index contributed by atoms with van der Waals surface area (Å²) in [5.41, 5.74) is 1.03. The van der Waals surface area contributed by atoms with Crippen molar-refractivity contribution in [2.45, 2.75) is 45.1 Å². The van der Waals surface area contributed by atoms with E-state index in [1.807, 2.05) is 0 Å². The summed E-state index contributed by atoms with van der Waals surface area (Å²) in [6, 6.07) is 7.15. The van der Waals surface area contributed by atoms with Gasteiger partial charge in [-0.05, 0) is 55.2 Å². The first-order valence-electron chi connectivity index (χ1n) is 10.5. The summed E-state index contributed by atoms with van der Waals surface area (Å²) in [6.07, 6.45) is 9.62. The maximum atomic E-state index is 13.0. The van der Waals surface area contributed by atoms with Crippen molar-refractivity contribution in [2.75, 3.05) is 4.90 Å². The number of hydrogen-bond acceptors (Lipinski definition) is 3. The van der Waals surface area contributed by atoms with E-state index in [0.29, 0.717) is 17.2 Å². The Kier molecular flexibility index (Phi) is 4.14. The van der Waals surface area contributed by atoms with Crippen LogP contribution in [0.5, 0.6) is 0 Å². The summed E-state index contributed by atoms with van der Waals surface area (Å²) >= 11 is 0. The van der Waals surface area contributed by atoms with E-state index < -0.39 is 0 Å². The van der Waals surface area contributed by atoms with Gasteiger partial charge in [0.05, 0.1) is 17.5 Å². The van der Waals surface area contributed by atoms with Crippen molar-refractivity contribution in [1.82, 2.24) is 5.32 Å². The summed E-state index contributed by atoms with van der Waals surface area (Å²) in [7, 11) is 0. The summed E-state index contributed by atoms with van der Waals surface area (Å²) in [4.78, 5) is 40.1. The molecule has 1 aromatic rings. The second-order valence-electron chi connectivity index (χ2n) is 8.90. The van der Waals surface area contributed by atoms with Gasteiger partial charge in [0, 0.05) is 11.6 Å². The molecule has 1 N–H and O–H groups in total. The van der Waals surface area contributed by atoms with E-state index in [0.717, 1.165) is 25.7 Å². The zero-order valence-corrected chi connectivity index (χ0v) is 16.1. The number of carbonyl (C=O) groups excluding carboxylic acids is 3. The average Bonchev–Trinajstić information content (AvgIpc) is 3.37. The van der Waals surface area contributed by atoms with Crippen molar-refractivity contribution in [3.63, 3.8) is 0 Å². The second-order valence-corrected chi connectivity index (χ2v) is 8.90. The van der Waals surface area contributed by atoms with Crippen LogP contribution in [-0.4, -0.2) is 23.8 Å². The monoisotopic (exact) mass is 378 g/mol. The topological polar surface area (TPSA) is 66.5 Å². The van der Waals surface area contributed by atoms with Crippen LogP contribution >= 0.6 is 0 Å². The molecule has 1 aromatic carbocycles. The van der Waals surface area contributed by atoms with Crippen LogP contribution in [0.25, 0.3) is 0 Å². The number of fused-ring (bicyclic) bond motifs is 5. The quantitative estimate of drug-likeness (QED) is 0.648. The van der Waals surface area contributed by atoms with Crippen LogP contribution in [0.4, 0.5) is 5.69 Å². The van der Waals surface area contributed by atoms with Gasteiger partial charge in [-0.15, -0.1) is 0 Å². The molecule has 5 heteroatoms. The van der Waals surface area contributed by atoms with Crippen LogP contribution < -0.4 is 10.2 Å². The molecule has 3 fully saturated rings. The molecule has 1 aliphatic heterocycles. The molecule has 1 heterocycles. The summed E-state index contributed by atoms with van der Waals surface area (Å²) in [5.74, 6) is 0.0831. The molecule has 3 amide bonds. The molecule has 0 spiro atoms. The molecule has 0 radical (unpaired) electrons. The summed E-state index contributed by atoms with van der Waals surface area (Å²) < 4.78 is 0. The third-order valence-corrected chi connectivity index (χ3v) is 7.26. The molecule has 6 atom stereocenters. The van der Waals surface area contributed by atoms with Crippen molar-refractivity contribution in [2.24, 2.45) is 29.6 Å². The third-order valence-electron chi connectivity index (χ3n) is 7.26. The smallest absolute Gasteiger partial charge is 0.251 e. The molecule has 146 valence electrons. The highest BCUT2D eigenvalue weighted by molar-refractivity contribution is 6.23. The first kappa shape index (κ1) is 17.7. The van der Waals surface area contributed by atoms with Crippen molar-refractivity contribution >= 4 is 23.4 Å². The highest BCUT2D eigenvalue weighted by Crippen LogP contribution is 2.53. The number of nitrogens with one attached hydrogen (secondary N) is 1. The van der Waals surface area contributed by atoms with Gasteiger partial charge >= 0.3 is 0 Å². The van der Waals surface area contributed by atoms with Crippen LogP contribution in [0.2, 0.25) is 0 Å². The number of carbonyl (C=O) groups is 3. The van der Waals surface area contributed by atoms with E-state index in [1.54, 1.807) is 24.3 Å². The number of amides is 3. The molecule has 1 saturated heterocycles.